The molecule has 11 nitrogen and oxygen atoms in total. The molecule has 0 unspecified atom stereocenters. The van der Waals surface area contributed by atoms with Crippen LogP contribution >= 0.6 is 0 Å². The summed E-state index contributed by atoms with van der Waals surface area (Å²) in [5, 5.41) is 10.8. The highest BCUT2D eigenvalue weighted by Crippen LogP contribution is 2.27. The highest BCUT2D eigenvalue weighted by Gasteiger charge is 2.41. The van der Waals surface area contributed by atoms with E-state index < -0.39 is 12.1 Å². The highest BCUT2D eigenvalue weighted by molar-refractivity contribution is 6.07. The number of hydrogen-bond acceptors (Lipinski definition) is 7. The van der Waals surface area contributed by atoms with E-state index in [0.717, 1.165) is 5.69 Å². The first-order valence-corrected chi connectivity index (χ1v) is 13.1. The zero-order chi connectivity index (χ0) is 27.8. The fraction of sp³-hybridized carbons (Fsp3) is 0.276. The average molecular weight is 541 g/mol. The summed E-state index contributed by atoms with van der Waals surface area (Å²) < 4.78 is 12.8. The molecule has 1 aliphatic heterocycles. The second kappa shape index (κ2) is 10.3. The third-order valence-electron chi connectivity index (χ3n) is 7.19. The molecule has 1 fully saturated rings. The van der Waals surface area contributed by atoms with Gasteiger partial charge in [-0.25, -0.2) is 4.98 Å². The van der Waals surface area contributed by atoms with E-state index in [4.69, 9.17) is 8.83 Å². The van der Waals surface area contributed by atoms with Gasteiger partial charge in [-0.1, -0.05) is 37.3 Å². The topological polar surface area (TPSA) is 136 Å². The lowest BCUT2D eigenvalue weighted by Crippen LogP contribution is -2.45. The Morgan fingerprint density at radius 1 is 1.07 bits per heavy atom. The number of aryl methyl sites for hydroxylation is 2. The van der Waals surface area contributed by atoms with Crippen LogP contribution in [0.1, 0.15) is 45.8 Å². The monoisotopic (exact) mass is 540 g/mol. The summed E-state index contributed by atoms with van der Waals surface area (Å²) in [5.41, 5.74) is 3.48. The molecule has 3 aromatic heterocycles. The molecule has 3 amide bonds. The van der Waals surface area contributed by atoms with Gasteiger partial charge in [0, 0.05) is 25.0 Å². The summed E-state index contributed by atoms with van der Waals surface area (Å²) in [4.78, 5) is 46.2. The number of nitrogens with one attached hydrogen (secondary N) is 2. The Morgan fingerprint density at radius 2 is 1.85 bits per heavy atom. The summed E-state index contributed by atoms with van der Waals surface area (Å²) in [6.45, 7) is 2.18. The van der Waals surface area contributed by atoms with E-state index >= 15 is 0 Å². The second-order valence-electron chi connectivity index (χ2n) is 9.82. The number of amides is 3. The van der Waals surface area contributed by atoms with Crippen LogP contribution < -0.4 is 10.6 Å². The maximum Gasteiger partial charge on any atom is 0.269 e. The Hall–Kier alpha value is -4.93. The molecule has 40 heavy (non-hydrogen) atoms. The van der Waals surface area contributed by atoms with Gasteiger partial charge in [0.05, 0.1) is 17.8 Å². The van der Waals surface area contributed by atoms with Crippen LogP contribution in [-0.4, -0.2) is 56.0 Å². The van der Waals surface area contributed by atoms with Crippen molar-refractivity contribution in [2.75, 3.05) is 6.54 Å². The molecule has 6 rings (SSSR count). The number of fused-ring (bicyclic) bond motifs is 2. The van der Waals surface area contributed by atoms with Crippen LogP contribution in [0, 0.1) is 0 Å². The first-order valence-electron chi connectivity index (χ1n) is 13.1. The number of furan rings is 1. The van der Waals surface area contributed by atoms with Gasteiger partial charge >= 0.3 is 0 Å². The number of rotatable bonds is 7. The number of nitrogens with zero attached hydrogens (tertiary/aromatic N) is 4. The van der Waals surface area contributed by atoms with Crippen molar-refractivity contribution in [2.45, 2.75) is 38.4 Å². The SMILES string of the molecule is CCc1cc(C(=O)N[C@@H]2C[C@@H](C(=O)NCc3nc4ccccc4o3)N(C(=O)c3coc4ccccc34)C2)n(C)n1. The van der Waals surface area contributed by atoms with Crippen LogP contribution in [0.2, 0.25) is 0 Å². The summed E-state index contributed by atoms with van der Waals surface area (Å²) in [7, 11) is 1.71. The third kappa shape index (κ3) is 4.70. The molecular formula is C29H28N6O5. The molecule has 0 saturated carbocycles. The zero-order valence-electron chi connectivity index (χ0n) is 22.1. The summed E-state index contributed by atoms with van der Waals surface area (Å²) in [6.07, 6.45) is 2.35. The first kappa shape index (κ1) is 25.4. The Labute approximate surface area is 229 Å². The molecule has 204 valence electrons. The molecule has 2 aromatic carbocycles. The van der Waals surface area contributed by atoms with E-state index in [9.17, 15) is 14.4 Å². The minimum Gasteiger partial charge on any atom is -0.463 e. The summed E-state index contributed by atoms with van der Waals surface area (Å²) in [6, 6.07) is 15.0. The predicted octanol–water partition coefficient (Wildman–Crippen LogP) is 3.20. The Morgan fingerprint density at radius 3 is 2.62 bits per heavy atom. The van der Waals surface area contributed by atoms with Crippen LogP contribution in [0.5, 0.6) is 0 Å². The van der Waals surface area contributed by atoms with Crippen LogP contribution in [0.3, 0.4) is 0 Å². The Balaban J connectivity index is 1.23. The van der Waals surface area contributed by atoms with Crippen LogP contribution in [0.25, 0.3) is 22.1 Å². The molecule has 0 spiro atoms. The molecule has 0 radical (unpaired) electrons. The Kier molecular flexibility index (Phi) is 6.54. The number of oxazole rings is 1. The van der Waals surface area contributed by atoms with Crippen molar-refractivity contribution < 1.29 is 23.2 Å². The number of carbonyl (C=O) groups excluding carboxylic acids is 3. The fourth-order valence-corrected chi connectivity index (χ4v) is 5.16. The number of hydrogen-bond donors (Lipinski definition) is 2. The summed E-state index contributed by atoms with van der Waals surface area (Å²) in [5.74, 6) is -0.668. The van der Waals surface area contributed by atoms with E-state index in [-0.39, 0.29) is 37.2 Å². The van der Waals surface area contributed by atoms with Gasteiger partial charge in [0.15, 0.2) is 5.58 Å². The minimum atomic E-state index is -0.825. The van der Waals surface area contributed by atoms with Gasteiger partial charge in [-0.2, -0.15) is 5.10 Å². The van der Waals surface area contributed by atoms with Gasteiger partial charge in [0.1, 0.15) is 29.1 Å². The van der Waals surface area contributed by atoms with E-state index in [2.05, 4.69) is 20.7 Å². The van der Waals surface area contributed by atoms with E-state index in [1.807, 2.05) is 37.3 Å². The molecule has 2 N–H and O–H groups in total. The van der Waals surface area contributed by atoms with Crippen LogP contribution in [0.15, 0.2) is 69.7 Å². The molecule has 5 aromatic rings. The van der Waals surface area contributed by atoms with Crippen molar-refractivity contribution in [1.29, 1.82) is 0 Å². The average Bonchev–Trinajstić information content (AvgIpc) is 3.75. The minimum absolute atomic E-state index is 0.0620. The van der Waals surface area contributed by atoms with Crippen LogP contribution in [-0.2, 0) is 24.8 Å². The number of para-hydroxylation sites is 3. The molecule has 1 aliphatic rings. The van der Waals surface area contributed by atoms with Gasteiger partial charge < -0.3 is 24.4 Å². The predicted molar refractivity (Wildman–Crippen MR) is 145 cm³/mol. The standard InChI is InChI=1S/C29H28N6O5/c1-3-17-12-22(34(2)33-17)28(37)31-18-13-23(27(36)30-14-26-32-21-9-5-7-11-25(21)40-26)35(15-18)29(38)20-16-39-24-10-6-4-8-19(20)24/h4-12,16,18,23H,3,13-15H2,1-2H3,(H,30,36)(H,31,37)/t18-,23+/m1/s1. The zero-order valence-corrected chi connectivity index (χ0v) is 22.1. The number of likely N-dealkylation sites (tertiary alicyclic amines) is 1. The highest BCUT2D eigenvalue weighted by atomic mass is 16.3. The first-order chi connectivity index (χ1) is 19.4. The van der Waals surface area contributed by atoms with Crippen molar-refractivity contribution in [3.8, 4) is 0 Å². The molecule has 2 atom stereocenters. The maximum absolute atomic E-state index is 13.8. The van der Waals surface area contributed by atoms with Crippen molar-refractivity contribution in [3.05, 3.63) is 83.7 Å². The van der Waals surface area contributed by atoms with Gasteiger partial charge in [-0.15, -0.1) is 0 Å². The third-order valence-corrected chi connectivity index (χ3v) is 7.19. The molecule has 11 heteroatoms. The lowest BCUT2D eigenvalue weighted by Gasteiger charge is -2.23. The van der Waals surface area contributed by atoms with Crippen molar-refractivity contribution in [2.24, 2.45) is 7.05 Å². The van der Waals surface area contributed by atoms with E-state index in [0.29, 0.717) is 45.6 Å². The lowest BCUT2D eigenvalue weighted by atomic mass is 10.1. The molecular weight excluding hydrogens is 512 g/mol. The number of aromatic nitrogens is 3. The maximum atomic E-state index is 13.8. The molecule has 0 bridgehead atoms. The fourth-order valence-electron chi connectivity index (χ4n) is 5.16. The van der Waals surface area contributed by atoms with E-state index in [1.165, 1.54) is 15.8 Å². The summed E-state index contributed by atoms with van der Waals surface area (Å²) >= 11 is 0. The van der Waals surface area contributed by atoms with Crippen molar-refractivity contribution >= 4 is 39.8 Å². The lowest BCUT2D eigenvalue weighted by molar-refractivity contribution is -0.125. The van der Waals surface area contributed by atoms with E-state index in [1.54, 1.807) is 31.3 Å². The normalized spacial score (nSPS) is 17.0. The quantitative estimate of drug-likeness (QED) is 0.324. The molecule has 0 aliphatic carbocycles. The van der Waals surface area contributed by atoms with Gasteiger partial charge in [0.25, 0.3) is 11.8 Å². The van der Waals surface area contributed by atoms with Crippen molar-refractivity contribution in [3.63, 3.8) is 0 Å². The number of benzene rings is 2. The Bertz CT molecular complexity index is 1700. The van der Waals surface area contributed by atoms with Gasteiger partial charge in [-0.3, -0.25) is 19.1 Å². The molecule has 1 saturated heterocycles. The van der Waals surface area contributed by atoms with Gasteiger partial charge in [0.2, 0.25) is 11.8 Å². The second-order valence-corrected chi connectivity index (χ2v) is 9.82. The molecule has 4 heterocycles. The van der Waals surface area contributed by atoms with Crippen LogP contribution in [0.4, 0.5) is 0 Å². The van der Waals surface area contributed by atoms with Gasteiger partial charge in [-0.05, 0) is 37.1 Å². The van der Waals surface area contributed by atoms with Crippen molar-refractivity contribution in [1.82, 2.24) is 30.3 Å². The largest absolute Gasteiger partial charge is 0.463 e. The smallest absolute Gasteiger partial charge is 0.269 e. The number of carbonyl (C=O) groups is 3.